The van der Waals surface area contributed by atoms with E-state index in [9.17, 15) is 20.0 Å². The van der Waals surface area contributed by atoms with Crippen LogP contribution in [0, 0.1) is 10.1 Å². The molecule has 6 nitrogen and oxygen atoms in total. The number of hydrogen-bond donors (Lipinski definition) is 2. The summed E-state index contributed by atoms with van der Waals surface area (Å²) in [6, 6.07) is 8.47. The minimum Gasteiger partial charge on any atom is -0.476 e. The van der Waals surface area contributed by atoms with Gasteiger partial charge in [0, 0.05) is 11.0 Å². The lowest BCUT2D eigenvalue weighted by Gasteiger charge is -2.27. The lowest BCUT2D eigenvalue weighted by Crippen LogP contribution is -2.55. The molecule has 2 unspecified atom stereocenters. The zero-order valence-electron chi connectivity index (χ0n) is 9.76. The summed E-state index contributed by atoms with van der Waals surface area (Å²) in [6.07, 6.45) is 1.91. The van der Waals surface area contributed by atoms with Crippen LogP contribution < -0.4 is 0 Å². The average Bonchev–Trinajstić information content (AvgIpc) is 2.39. The van der Waals surface area contributed by atoms with Crippen LogP contribution in [-0.4, -0.2) is 32.7 Å². The van der Waals surface area contributed by atoms with Gasteiger partial charge >= 0.3 is 11.5 Å². The number of benzene rings is 1. The molecule has 2 atom stereocenters. The van der Waals surface area contributed by atoms with E-state index in [2.05, 4.69) is 0 Å². The van der Waals surface area contributed by atoms with Gasteiger partial charge in [-0.15, -0.1) is 0 Å². The molecule has 0 aromatic heterocycles. The van der Waals surface area contributed by atoms with Crippen LogP contribution in [0.5, 0.6) is 0 Å². The Morgan fingerprint density at radius 3 is 2.47 bits per heavy atom. The second kappa shape index (κ2) is 4.66. The molecule has 98 valence electrons. The Balaban J connectivity index is 2.52. The highest BCUT2D eigenvalue weighted by molar-refractivity contribution is 5.88. The third kappa shape index (κ3) is 1.92. The molecule has 0 aliphatic heterocycles. The summed E-state index contributed by atoms with van der Waals surface area (Å²) in [5.74, 6) is -1.69. The fourth-order valence-corrected chi connectivity index (χ4v) is 2.03. The number of hydrogen-bond acceptors (Lipinski definition) is 4. The summed E-state index contributed by atoms with van der Waals surface area (Å²) < 4.78 is 0. The molecule has 0 saturated heterocycles. The van der Waals surface area contributed by atoms with Gasteiger partial charge in [0.25, 0.3) is 0 Å². The van der Waals surface area contributed by atoms with Gasteiger partial charge in [-0.05, 0) is 11.1 Å². The third-order valence-electron chi connectivity index (χ3n) is 3.09. The second-order valence-electron chi connectivity index (χ2n) is 4.14. The van der Waals surface area contributed by atoms with E-state index in [4.69, 9.17) is 5.11 Å². The summed E-state index contributed by atoms with van der Waals surface area (Å²) in [4.78, 5) is 21.3. The van der Waals surface area contributed by atoms with E-state index in [1.165, 1.54) is 12.2 Å². The predicted molar refractivity (Wildman–Crippen MR) is 66.9 cm³/mol. The number of carbonyl (C=O) groups is 1. The summed E-state index contributed by atoms with van der Waals surface area (Å²) in [5, 5.41) is 30.3. The Bertz CT molecular complexity index is 562. The normalized spacial score (nSPS) is 25.7. The van der Waals surface area contributed by atoms with E-state index in [1.54, 1.807) is 30.3 Å². The molecule has 1 aromatic carbocycles. The van der Waals surface area contributed by atoms with Crippen molar-refractivity contribution in [3.8, 4) is 0 Å². The smallest absolute Gasteiger partial charge is 0.390 e. The number of carboxylic acid groups (broad SMARTS) is 1. The van der Waals surface area contributed by atoms with Crippen LogP contribution in [0.2, 0.25) is 0 Å². The van der Waals surface area contributed by atoms with Crippen LogP contribution in [0.25, 0.3) is 5.57 Å². The number of aliphatic hydroxyl groups is 1. The number of aliphatic carboxylic acids is 1. The maximum absolute atomic E-state index is 11.2. The van der Waals surface area contributed by atoms with Crippen LogP contribution in [0.3, 0.4) is 0 Å². The predicted octanol–water partition coefficient (Wildman–Crippen LogP) is 1.10. The van der Waals surface area contributed by atoms with Crippen LogP contribution >= 0.6 is 0 Å². The Kier molecular flexibility index (Phi) is 3.18. The Hall–Kier alpha value is -2.47. The number of allylic oxidation sites excluding steroid dienone is 2. The van der Waals surface area contributed by atoms with Gasteiger partial charge in [0.15, 0.2) is 6.10 Å². The van der Waals surface area contributed by atoms with E-state index in [0.29, 0.717) is 5.56 Å². The molecule has 0 heterocycles. The summed E-state index contributed by atoms with van der Waals surface area (Å²) in [5.41, 5.74) is -1.78. The van der Waals surface area contributed by atoms with Gasteiger partial charge in [-0.1, -0.05) is 42.5 Å². The van der Waals surface area contributed by atoms with E-state index in [0.717, 1.165) is 6.08 Å². The van der Waals surface area contributed by atoms with E-state index in [-0.39, 0.29) is 5.57 Å². The molecule has 1 aromatic rings. The van der Waals surface area contributed by atoms with Gasteiger partial charge in [0.2, 0.25) is 0 Å². The monoisotopic (exact) mass is 261 g/mol. The second-order valence-corrected chi connectivity index (χ2v) is 4.14. The molecular formula is C13H11NO5. The minimum atomic E-state index is -2.54. The molecule has 2 N–H and O–H groups in total. The van der Waals surface area contributed by atoms with E-state index >= 15 is 0 Å². The average molecular weight is 261 g/mol. The van der Waals surface area contributed by atoms with E-state index < -0.39 is 22.5 Å². The van der Waals surface area contributed by atoms with Crippen molar-refractivity contribution in [3.63, 3.8) is 0 Å². The zero-order valence-corrected chi connectivity index (χ0v) is 9.76. The molecule has 0 amide bonds. The molecule has 0 radical (unpaired) electrons. The first-order chi connectivity index (χ1) is 9.00. The van der Waals surface area contributed by atoms with Crippen molar-refractivity contribution < 1.29 is 19.9 Å². The maximum atomic E-state index is 11.2. The molecular weight excluding hydrogens is 250 g/mol. The lowest BCUT2D eigenvalue weighted by atomic mass is 9.81. The summed E-state index contributed by atoms with van der Waals surface area (Å²) in [6.45, 7) is 0. The highest BCUT2D eigenvalue weighted by Gasteiger charge is 2.58. The third-order valence-corrected chi connectivity index (χ3v) is 3.09. The van der Waals surface area contributed by atoms with Crippen LogP contribution in [0.4, 0.5) is 0 Å². The molecule has 0 bridgehead atoms. The Morgan fingerprint density at radius 1 is 1.32 bits per heavy atom. The first-order valence-corrected chi connectivity index (χ1v) is 5.51. The Labute approximate surface area is 108 Å². The van der Waals surface area contributed by atoms with Crippen molar-refractivity contribution in [1.29, 1.82) is 0 Å². The highest BCUT2D eigenvalue weighted by atomic mass is 16.6. The standard InChI is InChI=1S/C13H11NO5/c15-11-10(9-5-2-1-3-6-9)7-4-8-13(11,12(16)17)14(18)19/h1-8,11,15H,(H,16,17). The number of aliphatic hydroxyl groups excluding tert-OH is 1. The van der Waals surface area contributed by atoms with Gasteiger partial charge in [-0.2, -0.15) is 0 Å². The molecule has 19 heavy (non-hydrogen) atoms. The molecule has 2 rings (SSSR count). The fraction of sp³-hybridized carbons (Fsp3) is 0.154. The first-order valence-electron chi connectivity index (χ1n) is 5.51. The largest absolute Gasteiger partial charge is 0.476 e. The Morgan fingerprint density at radius 2 is 1.95 bits per heavy atom. The van der Waals surface area contributed by atoms with Crippen molar-refractivity contribution in [3.05, 3.63) is 64.2 Å². The van der Waals surface area contributed by atoms with E-state index in [1.807, 2.05) is 0 Å². The van der Waals surface area contributed by atoms with Crippen molar-refractivity contribution >= 4 is 11.5 Å². The quantitative estimate of drug-likeness (QED) is 0.626. The van der Waals surface area contributed by atoms with Gasteiger partial charge in [0.05, 0.1) is 0 Å². The number of nitro groups is 1. The van der Waals surface area contributed by atoms with Gasteiger partial charge in [0.1, 0.15) is 0 Å². The molecule has 6 heteroatoms. The van der Waals surface area contributed by atoms with Crippen molar-refractivity contribution in [2.24, 2.45) is 0 Å². The van der Waals surface area contributed by atoms with Crippen molar-refractivity contribution in [1.82, 2.24) is 0 Å². The van der Waals surface area contributed by atoms with Crippen LogP contribution in [0.15, 0.2) is 48.6 Å². The number of rotatable bonds is 3. The maximum Gasteiger partial charge on any atom is 0.390 e. The lowest BCUT2D eigenvalue weighted by molar-refractivity contribution is -0.549. The summed E-state index contributed by atoms with van der Waals surface area (Å²) in [7, 11) is 0. The minimum absolute atomic E-state index is 0.210. The van der Waals surface area contributed by atoms with Gasteiger partial charge < -0.3 is 10.2 Å². The molecule has 0 fully saturated rings. The molecule has 0 spiro atoms. The number of carboxylic acids is 1. The fourth-order valence-electron chi connectivity index (χ4n) is 2.03. The van der Waals surface area contributed by atoms with Gasteiger partial charge in [-0.3, -0.25) is 10.1 Å². The van der Waals surface area contributed by atoms with Crippen molar-refractivity contribution in [2.45, 2.75) is 11.6 Å². The summed E-state index contributed by atoms with van der Waals surface area (Å²) >= 11 is 0. The SMILES string of the molecule is O=C(O)C1([N+](=O)[O-])C=CC=C(c2ccccc2)C1O. The zero-order chi connectivity index (χ0) is 14.0. The van der Waals surface area contributed by atoms with Crippen molar-refractivity contribution in [2.75, 3.05) is 0 Å². The number of nitrogens with zero attached hydrogens (tertiary/aromatic N) is 1. The molecule has 1 aliphatic carbocycles. The van der Waals surface area contributed by atoms with Crippen LogP contribution in [-0.2, 0) is 4.79 Å². The van der Waals surface area contributed by atoms with Gasteiger partial charge in [-0.25, -0.2) is 4.79 Å². The molecule has 1 aliphatic rings. The highest BCUT2D eigenvalue weighted by Crippen LogP contribution is 2.33. The van der Waals surface area contributed by atoms with Crippen LogP contribution in [0.1, 0.15) is 5.56 Å². The topological polar surface area (TPSA) is 101 Å². The molecule has 0 saturated carbocycles. The first kappa shape index (κ1) is 13.0.